The molecule has 0 aromatic heterocycles. The van der Waals surface area contributed by atoms with E-state index < -0.39 is 0 Å². The summed E-state index contributed by atoms with van der Waals surface area (Å²) in [5.74, 6) is 0.753. The lowest BCUT2D eigenvalue weighted by Gasteiger charge is -2.19. The fraction of sp³-hybridized carbons (Fsp3) is 0.533. The predicted molar refractivity (Wildman–Crippen MR) is 82.4 cm³/mol. The molecule has 1 aliphatic rings. The van der Waals surface area contributed by atoms with Crippen molar-refractivity contribution < 1.29 is 4.79 Å². The van der Waals surface area contributed by atoms with E-state index in [2.05, 4.69) is 44.3 Å². The first kappa shape index (κ1) is 14.4. The molecule has 1 aromatic carbocycles. The molecule has 3 nitrogen and oxygen atoms in total. The van der Waals surface area contributed by atoms with Crippen LogP contribution in [0.3, 0.4) is 0 Å². The van der Waals surface area contributed by atoms with Crippen LogP contribution in [0.1, 0.15) is 26.2 Å². The minimum atomic E-state index is 0.184. The molecule has 2 rings (SSSR count). The van der Waals surface area contributed by atoms with Gasteiger partial charge in [0.05, 0.1) is 0 Å². The molecule has 0 bridgehead atoms. The third kappa shape index (κ3) is 4.23. The van der Waals surface area contributed by atoms with Crippen molar-refractivity contribution in [1.82, 2.24) is 5.32 Å². The summed E-state index contributed by atoms with van der Waals surface area (Å²) in [5, 5.41) is 3.03. The highest BCUT2D eigenvalue weighted by atomic mass is 79.9. The second-order valence-electron chi connectivity index (χ2n) is 5.13. The zero-order valence-electron chi connectivity index (χ0n) is 11.4. The van der Waals surface area contributed by atoms with E-state index in [1.54, 1.807) is 0 Å². The highest BCUT2D eigenvalue weighted by Gasteiger charge is 2.22. The van der Waals surface area contributed by atoms with E-state index >= 15 is 0 Å². The minimum Gasteiger partial charge on any atom is -0.371 e. The fourth-order valence-corrected chi connectivity index (χ4v) is 2.87. The Morgan fingerprint density at radius 3 is 3.11 bits per heavy atom. The van der Waals surface area contributed by atoms with Crippen LogP contribution >= 0.6 is 15.9 Å². The third-order valence-electron chi connectivity index (χ3n) is 3.52. The number of nitrogens with one attached hydrogen (secondary N) is 1. The topological polar surface area (TPSA) is 32.3 Å². The van der Waals surface area contributed by atoms with E-state index in [4.69, 9.17) is 0 Å². The van der Waals surface area contributed by atoms with Gasteiger partial charge in [0.2, 0.25) is 5.91 Å². The lowest BCUT2D eigenvalue weighted by atomic mass is 10.1. The lowest BCUT2D eigenvalue weighted by molar-refractivity contribution is -0.121. The quantitative estimate of drug-likeness (QED) is 0.902. The summed E-state index contributed by atoms with van der Waals surface area (Å²) in [4.78, 5) is 13.9. The number of carbonyl (C=O) groups is 1. The summed E-state index contributed by atoms with van der Waals surface area (Å²) >= 11 is 3.51. The number of benzene rings is 1. The first-order valence-corrected chi connectivity index (χ1v) is 7.75. The first-order chi connectivity index (χ1) is 9.19. The molecule has 19 heavy (non-hydrogen) atoms. The molecule has 1 N–H and O–H groups in total. The average molecular weight is 325 g/mol. The van der Waals surface area contributed by atoms with Crippen LogP contribution in [0.25, 0.3) is 0 Å². The SMILES string of the molecule is CCCC(=O)NC[C@@H]1CCN(c2cccc(Br)c2)C1. The molecular formula is C15H21BrN2O. The average Bonchev–Trinajstić information content (AvgIpc) is 2.85. The van der Waals surface area contributed by atoms with Gasteiger partial charge in [-0.1, -0.05) is 28.9 Å². The molecule has 4 heteroatoms. The van der Waals surface area contributed by atoms with Crippen molar-refractivity contribution in [3.63, 3.8) is 0 Å². The van der Waals surface area contributed by atoms with Crippen LogP contribution in [0.2, 0.25) is 0 Å². The van der Waals surface area contributed by atoms with Crippen LogP contribution in [-0.4, -0.2) is 25.5 Å². The Hall–Kier alpha value is -1.03. The number of halogens is 1. The van der Waals surface area contributed by atoms with Crippen LogP contribution in [-0.2, 0) is 4.79 Å². The molecule has 1 heterocycles. The van der Waals surface area contributed by atoms with Crippen molar-refractivity contribution in [3.8, 4) is 0 Å². The third-order valence-corrected chi connectivity index (χ3v) is 4.02. The number of nitrogens with zero attached hydrogens (tertiary/aromatic N) is 1. The normalized spacial score (nSPS) is 18.6. The second kappa shape index (κ2) is 6.94. The van der Waals surface area contributed by atoms with Gasteiger partial charge >= 0.3 is 0 Å². The van der Waals surface area contributed by atoms with Crippen molar-refractivity contribution in [2.45, 2.75) is 26.2 Å². The molecule has 1 atom stereocenters. The Balaban J connectivity index is 1.81. The zero-order valence-corrected chi connectivity index (χ0v) is 12.9. The van der Waals surface area contributed by atoms with Gasteiger partial charge in [-0.05, 0) is 37.0 Å². The predicted octanol–water partition coefficient (Wildman–Crippen LogP) is 3.19. The maximum absolute atomic E-state index is 11.5. The molecule has 1 amide bonds. The second-order valence-corrected chi connectivity index (χ2v) is 6.05. The monoisotopic (exact) mass is 324 g/mol. The van der Waals surface area contributed by atoms with Gasteiger partial charge in [-0.25, -0.2) is 0 Å². The van der Waals surface area contributed by atoms with E-state index in [0.29, 0.717) is 12.3 Å². The van der Waals surface area contributed by atoms with Gasteiger partial charge in [0, 0.05) is 36.2 Å². The molecule has 1 aliphatic heterocycles. The van der Waals surface area contributed by atoms with E-state index in [-0.39, 0.29) is 5.91 Å². The molecule has 0 spiro atoms. The highest BCUT2D eigenvalue weighted by molar-refractivity contribution is 9.10. The van der Waals surface area contributed by atoms with Crippen LogP contribution in [0.5, 0.6) is 0 Å². The van der Waals surface area contributed by atoms with Gasteiger partial charge in [-0.2, -0.15) is 0 Å². The summed E-state index contributed by atoms with van der Waals surface area (Å²) in [6, 6.07) is 8.40. The summed E-state index contributed by atoms with van der Waals surface area (Å²) in [5.41, 5.74) is 1.26. The van der Waals surface area contributed by atoms with Gasteiger partial charge in [0.1, 0.15) is 0 Å². The van der Waals surface area contributed by atoms with E-state index in [1.165, 1.54) is 5.69 Å². The Morgan fingerprint density at radius 1 is 1.53 bits per heavy atom. The molecule has 1 saturated heterocycles. The largest absolute Gasteiger partial charge is 0.371 e. The molecule has 104 valence electrons. The summed E-state index contributed by atoms with van der Waals surface area (Å²) in [6.07, 6.45) is 2.71. The smallest absolute Gasteiger partial charge is 0.219 e. The molecule has 0 unspecified atom stereocenters. The Morgan fingerprint density at radius 2 is 2.37 bits per heavy atom. The molecule has 0 saturated carbocycles. The van der Waals surface area contributed by atoms with Crippen molar-refractivity contribution in [2.24, 2.45) is 5.92 Å². The minimum absolute atomic E-state index is 0.184. The van der Waals surface area contributed by atoms with Gasteiger partial charge in [0.15, 0.2) is 0 Å². The van der Waals surface area contributed by atoms with E-state index in [1.807, 2.05) is 13.0 Å². The van der Waals surface area contributed by atoms with Crippen LogP contribution < -0.4 is 10.2 Å². The summed E-state index contributed by atoms with van der Waals surface area (Å²) in [7, 11) is 0. The molecule has 1 aromatic rings. The maximum Gasteiger partial charge on any atom is 0.219 e. The molecule has 0 radical (unpaired) electrons. The van der Waals surface area contributed by atoms with Crippen LogP contribution in [0.4, 0.5) is 5.69 Å². The first-order valence-electron chi connectivity index (χ1n) is 6.96. The van der Waals surface area contributed by atoms with Crippen molar-refractivity contribution in [2.75, 3.05) is 24.5 Å². The number of rotatable bonds is 5. The van der Waals surface area contributed by atoms with Crippen molar-refractivity contribution in [3.05, 3.63) is 28.7 Å². The number of hydrogen-bond acceptors (Lipinski definition) is 2. The van der Waals surface area contributed by atoms with Gasteiger partial charge in [-0.3, -0.25) is 4.79 Å². The molecule has 0 aliphatic carbocycles. The molecule has 1 fully saturated rings. The summed E-state index contributed by atoms with van der Waals surface area (Å²) < 4.78 is 1.12. The van der Waals surface area contributed by atoms with E-state index in [0.717, 1.165) is 36.9 Å². The number of amides is 1. The van der Waals surface area contributed by atoms with E-state index in [9.17, 15) is 4.79 Å². The Labute approximate surface area is 123 Å². The maximum atomic E-state index is 11.5. The number of hydrogen-bond donors (Lipinski definition) is 1. The zero-order chi connectivity index (χ0) is 13.7. The highest BCUT2D eigenvalue weighted by Crippen LogP contribution is 2.25. The fourth-order valence-electron chi connectivity index (χ4n) is 2.48. The summed E-state index contributed by atoms with van der Waals surface area (Å²) in [6.45, 7) is 4.95. The number of anilines is 1. The van der Waals surface area contributed by atoms with Gasteiger partial charge in [0.25, 0.3) is 0 Å². The Bertz CT molecular complexity index is 436. The van der Waals surface area contributed by atoms with Crippen molar-refractivity contribution >= 4 is 27.5 Å². The number of carbonyl (C=O) groups excluding carboxylic acids is 1. The van der Waals surface area contributed by atoms with Crippen LogP contribution in [0, 0.1) is 5.92 Å². The standard InChI is InChI=1S/C15H21BrN2O/c1-2-4-15(19)17-10-12-7-8-18(11-12)14-6-3-5-13(16)9-14/h3,5-6,9,12H,2,4,7-8,10-11H2,1H3,(H,17,19)/t12-/m0/s1. The van der Waals surface area contributed by atoms with Crippen molar-refractivity contribution in [1.29, 1.82) is 0 Å². The lowest BCUT2D eigenvalue weighted by Crippen LogP contribution is -2.30. The molecular weight excluding hydrogens is 304 g/mol. The van der Waals surface area contributed by atoms with Crippen LogP contribution in [0.15, 0.2) is 28.7 Å². The Kier molecular flexibility index (Phi) is 5.25. The van der Waals surface area contributed by atoms with Gasteiger partial charge in [-0.15, -0.1) is 0 Å². The van der Waals surface area contributed by atoms with Gasteiger partial charge < -0.3 is 10.2 Å².